The van der Waals surface area contributed by atoms with Crippen LogP contribution < -0.4 is 5.32 Å². The van der Waals surface area contributed by atoms with Crippen LogP contribution in [0.5, 0.6) is 0 Å². The fourth-order valence-corrected chi connectivity index (χ4v) is 3.81. The summed E-state index contributed by atoms with van der Waals surface area (Å²) in [5, 5.41) is 14.3. The fourth-order valence-electron chi connectivity index (χ4n) is 3.81. The van der Waals surface area contributed by atoms with Crippen molar-refractivity contribution in [2.45, 2.75) is 50.0 Å². The Morgan fingerprint density at radius 1 is 1.32 bits per heavy atom. The van der Waals surface area contributed by atoms with Crippen molar-refractivity contribution in [3.05, 3.63) is 30.1 Å². The van der Waals surface area contributed by atoms with Gasteiger partial charge in [0.25, 0.3) is 0 Å². The summed E-state index contributed by atoms with van der Waals surface area (Å²) in [6, 6.07) is 5.67. The van der Waals surface area contributed by atoms with Gasteiger partial charge in [0, 0.05) is 12.7 Å². The van der Waals surface area contributed by atoms with Crippen molar-refractivity contribution in [2.24, 2.45) is 0 Å². The van der Waals surface area contributed by atoms with E-state index < -0.39 is 6.10 Å². The number of pyridine rings is 1. The van der Waals surface area contributed by atoms with Gasteiger partial charge in [-0.1, -0.05) is 6.07 Å². The van der Waals surface area contributed by atoms with E-state index in [0.717, 1.165) is 18.8 Å². The van der Waals surface area contributed by atoms with Gasteiger partial charge in [0.05, 0.1) is 30.5 Å². The molecule has 0 spiro atoms. The molecule has 22 heavy (non-hydrogen) atoms. The molecule has 2 bridgehead atoms. The number of nitrogens with one attached hydrogen (secondary N) is 1. The van der Waals surface area contributed by atoms with E-state index in [1.54, 1.807) is 6.20 Å². The number of rotatable bonds is 4. The average Bonchev–Trinajstić information content (AvgIpc) is 3.20. The topological polar surface area (TPSA) is 66.8 Å². The van der Waals surface area contributed by atoms with Crippen molar-refractivity contribution in [1.82, 2.24) is 15.2 Å². The summed E-state index contributed by atoms with van der Waals surface area (Å²) in [6.45, 7) is 3.21. The van der Waals surface area contributed by atoms with Gasteiger partial charge in [-0.05, 0) is 38.1 Å². The maximum atomic E-state index is 10.9. The second-order valence-corrected chi connectivity index (χ2v) is 6.33. The van der Waals surface area contributed by atoms with E-state index in [1.807, 2.05) is 18.2 Å². The van der Waals surface area contributed by atoms with Crippen molar-refractivity contribution in [1.29, 1.82) is 0 Å². The Hall–Kier alpha value is -1.05. The molecule has 6 nitrogen and oxygen atoms in total. The maximum absolute atomic E-state index is 10.9. The van der Waals surface area contributed by atoms with Crippen LogP contribution in [0, 0.1) is 0 Å². The number of fused-ring (bicyclic) bond motifs is 2. The summed E-state index contributed by atoms with van der Waals surface area (Å²) < 4.78 is 11.8. The van der Waals surface area contributed by atoms with Gasteiger partial charge < -0.3 is 19.9 Å². The van der Waals surface area contributed by atoms with Crippen molar-refractivity contribution in [3.63, 3.8) is 0 Å². The third-order valence-corrected chi connectivity index (χ3v) is 4.94. The molecule has 4 heterocycles. The van der Waals surface area contributed by atoms with Crippen LogP contribution in [0.15, 0.2) is 24.4 Å². The highest BCUT2D eigenvalue weighted by Crippen LogP contribution is 2.32. The second kappa shape index (κ2) is 6.22. The van der Waals surface area contributed by atoms with Gasteiger partial charge in [0.15, 0.2) is 6.29 Å². The van der Waals surface area contributed by atoms with Crippen molar-refractivity contribution < 1.29 is 14.6 Å². The molecule has 0 aromatic carbocycles. The minimum Gasteiger partial charge on any atom is -0.390 e. The van der Waals surface area contributed by atoms with Gasteiger partial charge in [0.2, 0.25) is 0 Å². The summed E-state index contributed by atoms with van der Waals surface area (Å²) in [7, 11) is 0. The lowest BCUT2D eigenvalue weighted by atomic mass is 9.95. The molecular weight excluding hydrogens is 282 g/mol. The van der Waals surface area contributed by atoms with Crippen LogP contribution in [-0.2, 0) is 16.0 Å². The number of aliphatic hydroxyl groups is 1. The molecule has 1 aromatic heterocycles. The number of ether oxygens (including phenoxy) is 2. The van der Waals surface area contributed by atoms with E-state index in [4.69, 9.17) is 9.47 Å². The smallest absolute Gasteiger partial charge is 0.176 e. The van der Waals surface area contributed by atoms with Crippen molar-refractivity contribution in [3.8, 4) is 0 Å². The number of likely N-dealkylation sites (tertiary alicyclic amines) is 1. The van der Waals surface area contributed by atoms with E-state index in [0.29, 0.717) is 13.2 Å². The molecule has 0 aliphatic carbocycles. The van der Waals surface area contributed by atoms with Crippen LogP contribution in [0.3, 0.4) is 0 Å². The normalized spacial score (nSPS) is 38.5. The monoisotopic (exact) mass is 305 g/mol. The highest BCUT2D eigenvalue weighted by Gasteiger charge is 2.52. The van der Waals surface area contributed by atoms with Crippen LogP contribution in [0.4, 0.5) is 0 Å². The molecule has 2 N–H and O–H groups in total. The Kier molecular flexibility index (Phi) is 4.11. The average molecular weight is 305 g/mol. The molecule has 1 aromatic rings. The zero-order valence-corrected chi connectivity index (χ0v) is 12.6. The predicted octanol–water partition coefficient (Wildman–Crippen LogP) is 0.120. The number of hydrogen-bond donors (Lipinski definition) is 2. The number of aromatic nitrogens is 1. The molecule has 120 valence electrons. The summed E-state index contributed by atoms with van der Waals surface area (Å²) in [6.07, 6.45) is 3.31. The molecule has 3 saturated heterocycles. The van der Waals surface area contributed by atoms with Crippen LogP contribution in [0.2, 0.25) is 0 Å². The summed E-state index contributed by atoms with van der Waals surface area (Å²) >= 11 is 0. The molecule has 0 unspecified atom stereocenters. The zero-order valence-electron chi connectivity index (χ0n) is 12.6. The van der Waals surface area contributed by atoms with Gasteiger partial charge in [-0.15, -0.1) is 0 Å². The van der Waals surface area contributed by atoms with Gasteiger partial charge in [-0.25, -0.2) is 0 Å². The minimum atomic E-state index is -0.479. The first-order chi connectivity index (χ1) is 10.8. The van der Waals surface area contributed by atoms with E-state index in [1.165, 1.54) is 12.8 Å². The zero-order chi connectivity index (χ0) is 14.9. The highest BCUT2D eigenvalue weighted by molar-refractivity contribution is 5.06. The van der Waals surface area contributed by atoms with Gasteiger partial charge >= 0.3 is 0 Å². The summed E-state index contributed by atoms with van der Waals surface area (Å²) in [5.41, 5.74) is 0.966. The van der Waals surface area contributed by atoms with Crippen LogP contribution in [0.25, 0.3) is 0 Å². The molecule has 5 atom stereocenters. The Balaban J connectivity index is 1.46. The number of hydrogen-bond acceptors (Lipinski definition) is 6. The van der Waals surface area contributed by atoms with Gasteiger partial charge in [0.1, 0.15) is 6.10 Å². The molecule has 0 saturated carbocycles. The minimum absolute atomic E-state index is 0.0671. The number of aliphatic hydroxyl groups excluding tert-OH is 1. The molecule has 0 amide bonds. The Labute approximate surface area is 130 Å². The first-order valence-electron chi connectivity index (χ1n) is 8.15. The lowest BCUT2D eigenvalue weighted by Crippen LogP contribution is -2.63. The van der Waals surface area contributed by atoms with E-state index in [9.17, 15) is 5.11 Å². The molecular formula is C16H23N3O3. The Morgan fingerprint density at radius 2 is 2.18 bits per heavy atom. The van der Waals surface area contributed by atoms with Gasteiger partial charge in [-0.2, -0.15) is 0 Å². The SMILES string of the molecule is O[C@H]1[C@@H](NCc2ccccn2)[C@@H]2CO[C@H](O2)[C@@H]1N1CCCC1. The van der Waals surface area contributed by atoms with Crippen LogP contribution >= 0.6 is 0 Å². The fraction of sp³-hybridized carbons (Fsp3) is 0.688. The Morgan fingerprint density at radius 3 is 2.95 bits per heavy atom. The first kappa shape index (κ1) is 14.5. The highest BCUT2D eigenvalue weighted by atomic mass is 16.7. The van der Waals surface area contributed by atoms with E-state index in [-0.39, 0.29) is 24.5 Å². The third kappa shape index (κ3) is 2.66. The largest absolute Gasteiger partial charge is 0.390 e. The van der Waals surface area contributed by atoms with E-state index >= 15 is 0 Å². The molecule has 0 radical (unpaired) electrons. The molecule has 3 fully saturated rings. The quantitative estimate of drug-likeness (QED) is 0.824. The summed E-state index contributed by atoms with van der Waals surface area (Å²) in [5.74, 6) is 0. The second-order valence-electron chi connectivity index (χ2n) is 6.33. The van der Waals surface area contributed by atoms with Crippen LogP contribution in [0.1, 0.15) is 18.5 Å². The molecule has 3 aliphatic heterocycles. The predicted molar refractivity (Wildman–Crippen MR) is 80.1 cm³/mol. The first-order valence-corrected chi connectivity index (χ1v) is 8.15. The standard InChI is InChI=1S/C16H23N3O3/c20-15-13(18-9-11-5-1-2-6-17-11)12-10-21-16(22-12)14(15)19-7-3-4-8-19/h1-2,5-6,12-16,18,20H,3-4,7-10H2/t12-,13-,14+,15-,16+/m0/s1. The lowest BCUT2D eigenvalue weighted by Gasteiger charge is -2.42. The van der Waals surface area contributed by atoms with Crippen LogP contribution in [-0.4, -0.2) is 65.3 Å². The maximum Gasteiger partial charge on any atom is 0.176 e. The molecule has 4 rings (SSSR count). The third-order valence-electron chi connectivity index (χ3n) is 4.94. The van der Waals surface area contributed by atoms with Gasteiger partial charge in [-0.3, -0.25) is 9.88 Å². The molecule has 3 aliphatic rings. The lowest BCUT2D eigenvalue weighted by molar-refractivity contribution is -0.179. The Bertz CT molecular complexity index is 493. The van der Waals surface area contributed by atoms with Crippen molar-refractivity contribution >= 4 is 0 Å². The van der Waals surface area contributed by atoms with E-state index in [2.05, 4.69) is 15.2 Å². The number of nitrogens with zero attached hydrogens (tertiary/aromatic N) is 2. The summed E-state index contributed by atoms with van der Waals surface area (Å²) in [4.78, 5) is 6.63. The van der Waals surface area contributed by atoms with Crippen molar-refractivity contribution in [2.75, 3.05) is 19.7 Å². The molecule has 6 heteroatoms.